The number of hydrogen-bond acceptors (Lipinski definition) is 4. The molecule has 0 spiro atoms. The lowest BCUT2D eigenvalue weighted by atomic mass is 10.1. The Morgan fingerprint density at radius 1 is 1.14 bits per heavy atom. The Kier molecular flexibility index (Phi) is 5.22. The average Bonchev–Trinajstić information content (AvgIpc) is 2.50. The molecular weight excluding hydrogens is 267 g/mol. The van der Waals surface area contributed by atoms with E-state index in [1.807, 2.05) is 24.3 Å². The summed E-state index contributed by atoms with van der Waals surface area (Å²) in [5, 5.41) is 0. The molecule has 21 heavy (non-hydrogen) atoms. The first-order valence-corrected chi connectivity index (χ1v) is 7.10. The lowest BCUT2D eigenvalue weighted by molar-refractivity contribution is 0.626. The summed E-state index contributed by atoms with van der Waals surface area (Å²) in [6, 6.07) is 6.59. The van der Waals surface area contributed by atoms with Crippen molar-refractivity contribution < 1.29 is 4.39 Å². The Hall–Kier alpha value is -2.01. The number of halogens is 1. The minimum Gasteiger partial charge on any atom is -0.340 e. The van der Waals surface area contributed by atoms with Crippen LogP contribution in [0.2, 0.25) is 0 Å². The van der Waals surface area contributed by atoms with E-state index in [1.54, 1.807) is 12.1 Å². The number of nitrogens with two attached hydrogens (primary N) is 1. The van der Waals surface area contributed by atoms with E-state index in [0.29, 0.717) is 12.5 Å². The van der Waals surface area contributed by atoms with Crippen LogP contribution >= 0.6 is 0 Å². The van der Waals surface area contributed by atoms with Crippen LogP contribution in [0.1, 0.15) is 24.5 Å². The van der Waals surface area contributed by atoms with E-state index in [-0.39, 0.29) is 11.9 Å². The normalized spacial score (nSPS) is 12.2. The molecule has 5 heteroatoms. The topological polar surface area (TPSA) is 55.0 Å². The number of hydrogen-bond donors (Lipinski definition) is 1. The summed E-state index contributed by atoms with van der Waals surface area (Å²) < 4.78 is 12.9. The third kappa shape index (κ3) is 4.49. The molecule has 1 atom stereocenters. The molecule has 0 fully saturated rings. The predicted molar refractivity (Wildman–Crippen MR) is 82.5 cm³/mol. The molecule has 4 nitrogen and oxygen atoms in total. The van der Waals surface area contributed by atoms with Gasteiger partial charge in [0.2, 0.25) is 5.95 Å². The van der Waals surface area contributed by atoms with E-state index in [4.69, 9.17) is 5.73 Å². The first-order chi connectivity index (χ1) is 10.1. The quantitative estimate of drug-likeness (QED) is 0.887. The Balaban J connectivity index is 1.99. The molecule has 0 aliphatic rings. The Labute approximate surface area is 124 Å². The lowest BCUT2D eigenvalue weighted by Gasteiger charge is -2.17. The monoisotopic (exact) mass is 288 g/mol. The SMILES string of the molecule is CCC(N)Cc1cnc(N(C)Cc2ccc(F)cc2)nc1. The molecule has 1 aromatic carbocycles. The summed E-state index contributed by atoms with van der Waals surface area (Å²) >= 11 is 0. The van der Waals surface area contributed by atoms with Crippen molar-refractivity contribution in [2.45, 2.75) is 32.4 Å². The van der Waals surface area contributed by atoms with Gasteiger partial charge >= 0.3 is 0 Å². The van der Waals surface area contributed by atoms with Crippen molar-refractivity contribution in [3.8, 4) is 0 Å². The van der Waals surface area contributed by atoms with Crippen LogP contribution in [0.25, 0.3) is 0 Å². The fourth-order valence-corrected chi connectivity index (χ4v) is 2.03. The van der Waals surface area contributed by atoms with Gasteiger partial charge in [0, 0.05) is 32.0 Å². The zero-order chi connectivity index (χ0) is 15.2. The predicted octanol–water partition coefficient (Wildman–Crippen LogP) is 2.53. The molecule has 2 rings (SSSR count). The van der Waals surface area contributed by atoms with Gasteiger partial charge in [0.15, 0.2) is 0 Å². The molecule has 1 unspecified atom stereocenters. The van der Waals surface area contributed by atoms with Crippen LogP contribution in [-0.2, 0) is 13.0 Å². The third-order valence-corrected chi connectivity index (χ3v) is 3.39. The van der Waals surface area contributed by atoms with E-state index in [9.17, 15) is 4.39 Å². The van der Waals surface area contributed by atoms with Gasteiger partial charge in [0.1, 0.15) is 5.82 Å². The van der Waals surface area contributed by atoms with Gasteiger partial charge in [-0.05, 0) is 36.1 Å². The maximum atomic E-state index is 12.9. The number of rotatable bonds is 6. The minimum atomic E-state index is -0.228. The zero-order valence-electron chi connectivity index (χ0n) is 12.5. The molecule has 0 aliphatic carbocycles. The van der Waals surface area contributed by atoms with Crippen molar-refractivity contribution in [1.29, 1.82) is 0 Å². The molecule has 0 aliphatic heterocycles. The summed E-state index contributed by atoms with van der Waals surface area (Å²) in [6.45, 7) is 2.70. The number of nitrogens with zero attached hydrogens (tertiary/aromatic N) is 3. The van der Waals surface area contributed by atoms with Crippen LogP contribution in [0.5, 0.6) is 0 Å². The molecule has 0 bridgehead atoms. The van der Waals surface area contributed by atoms with E-state index in [0.717, 1.165) is 24.0 Å². The number of benzene rings is 1. The fraction of sp³-hybridized carbons (Fsp3) is 0.375. The van der Waals surface area contributed by atoms with Gasteiger partial charge in [0.05, 0.1) is 0 Å². The Bertz CT molecular complexity index is 553. The zero-order valence-corrected chi connectivity index (χ0v) is 12.5. The second-order valence-corrected chi connectivity index (χ2v) is 5.25. The van der Waals surface area contributed by atoms with Gasteiger partial charge in [-0.25, -0.2) is 14.4 Å². The molecule has 112 valence electrons. The fourth-order valence-electron chi connectivity index (χ4n) is 2.03. The van der Waals surface area contributed by atoms with Crippen LogP contribution in [0.4, 0.5) is 10.3 Å². The second kappa shape index (κ2) is 7.13. The molecule has 0 saturated heterocycles. The van der Waals surface area contributed by atoms with Gasteiger partial charge in [-0.2, -0.15) is 0 Å². The summed E-state index contributed by atoms with van der Waals surface area (Å²) in [7, 11) is 1.91. The van der Waals surface area contributed by atoms with Crippen molar-refractivity contribution in [3.05, 3.63) is 53.6 Å². The summed E-state index contributed by atoms with van der Waals surface area (Å²) in [5.74, 6) is 0.419. The van der Waals surface area contributed by atoms with Gasteiger partial charge in [-0.1, -0.05) is 19.1 Å². The van der Waals surface area contributed by atoms with Crippen LogP contribution < -0.4 is 10.6 Å². The van der Waals surface area contributed by atoms with Crippen molar-refractivity contribution in [2.75, 3.05) is 11.9 Å². The van der Waals surface area contributed by atoms with Crippen molar-refractivity contribution in [1.82, 2.24) is 9.97 Å². The first-order valence-electron chi connectivity index (χ1n) is 7.10. The van der Waals surface area contributed by atoms with Crippen molar-refractivity contribution >= 4 is 5.95 Å². The first kappa shape index (κ1) is 15.4. The second-order valence-electron chi connectivity index (χ2n) is 5.25. The lowest BCUT2D eigenvalue weighted by Crippen LogP contribution is -2.22. The smallest absolute Gasteiger partial charge is 0.225 e. The van der Waals surface area contributed by atoms with E-state index >= 15 is 0 Å². The highest BCUT2D eigenvalue weighted by atomic mass is 19.1. The molecule has 1 heterocycles. The van der Waals surface area contributed by atoms with Crippen molar-refractivity contribution in [3.63, 3.8) is 0 Å². The summed E-state index contributed by atoms with van der Waals surface area (Å²) in [5.41, 5.74) is 7.98. The van der Waals surface area contributed by atoms with Gasteiger partial charge in [-0.15, -0.1) is 0 Å². The molecule has 0 radical (unpaired) electrons. The molecule has 2 N–H and O–H groups in total. The maximum absolute atomic E-state index is 12.9. The van der Waals surface area contributed by atoms with Gasteiger partial charge in [-0.3, -0.25) is 0 Å². The van der Waals surface area contributed by atoms with Crippen molar-refractivity contribution in [2.24, 2.45) is 5.73 Å². The highest BCUT2D eigenvalue weighted by Gasteiger charge is 2.07. The van der Waals surface area contributed by atoms with Gasteiger partial charge < -0.3 is 10.6 Å². The van der Waals surface area contributed by atoms with Gasteiger partial charge in [0.25, 0.3) is 0 Å². The van der Waals surface area contributed by atoms with E-state index in [1.165, 1.54) is 12.1 Å². The third-order valence-electron chi connectivity index (χ3n) is 3.39. The average molecular weight is 288 g/mol. The summed E-state index contributed by atoms with van der Waals surface area (Å²) in [6.07, 6.45) is 5.36. The van der Waals surface area contributed by atoms with Crippen LogP contribution in [0.15, 0.2) is 36.7 Å². The molecule has 1 aromatic heterocycles. The largest absolute Gasteiger partial charge is 0.340 e. The Morgan fingerprint density at radius 3 is 2.33 bits per heavy atom. The Morgan fingerprint density at radius 2 is 1.76 bits per heavy atom. The minimum absolute atomic E-state index is 0.149. The standard InChI is InChI=1S/C16H21FN4/c1-3-15(18)8-13-9-19-16(20-10-13)21(2)11-12-4-6-14(17)7-5-12/h4-7,9-10,15H,3,8,11,18H2,1-2H3. The molecule has 0 saturated carbocycles. The van der Waals surface area contributed by atoms with E-state index < -0.39 is 0 Å². The molecule has 0 amide bonds. The molecular formula is C16H21FN4. The van der Waals surface area contributed by atoms with Crippen LogP contribution in [0.3, 0.4) is 0 Å². The summed E-state index contributed by atoms with van der Waals surface area (Å²) in [4.78, 5) is 10.7. The highest BCUT2D eigenvalue weighted by Crippen LogP contribution is 2.11. The highest BCUT2D eigenvalue weighted by molar-refractivity contribution is 5.31. The number of anilines is 1. The maximum Gasteiger partial charge on any atom is 0.225 e. The van der Waals surface area contributed by atoms with Crippen LogP contribution in [0, 0.1) is 5.82 Å². The van der Waals surface area contributed by atoms with E-state index in [2.05, 4.69) is 16.9 Å². The number of aromatic nitrogens is 2. The van der Waals surface area contributed by atoms with Crippen LogP contribution in [-0.4, -0.2) is 23.1 Å². The molecule has 2 aromatic rings.